The number of rotatable bonds is 2. The van der Waals surface area contributed by atoms with E-state index in [4.69, 9.17) is 0 Å². The van der Waals surface area contributed by atoms with E-state index in [2.05, 4.69) is 51.7 Å². The molecule has 1 aliphatic heterocycles. The van der Waals surface area contributed by atoms with E-state index >= 15 is 0 Å². The van der Waals surface area contributed by atoms with Crippen molar-refractivity contribution in [2.24, 2.45) is 0 Å². The molecule has 24 heavy (non-hydrogen) atoms. The van der Waals surface area contributed by atoms with Crippen LogP contribution in [0.25, 0.3) is 11.3 Å². The Bertz CT molecular complexity index is 692. The monoisotopic (exact) mass is 512 g/mol. The fourth-order valence-corrected chi connectivity index (χ4v) is 2.71. The van der Waals surface area contributed by atoms with E-state index in [9.17, 15) is 0 Å². The summed E-state index contributed by atoms with van der Waals surface area (Å²) in [6.07, 6.45) is 5.92. The smallest absolute Gasteiger partial charge is 0.0916 e. The zero-order valence-electron chi connectivity index (χ0n) is 13.2. The van der Waals surface area contributed by atoms with Crippen LogP contribution in [0, 0.1) is 11.4 Å². The van der Waals surface area contributed by atoms with Gasteiger partial charge in [-0.05, 0) is 11.8 Å². The van der Waals surface area contributed by atoms with E-state index in [0.717, 1.165) is 23.6 Å². The van der Waals surface area contributed by atoms with E-state index in [0.29, 0.717) is 0 Å². The molecule has 0 spiro atoms. The Morgan fingerprint density at radius 1 is 1.08 bits per heavy atom. The summed E-state index contributed by atoms with van der Waals surface area (Å²) in [4.78, 5) is 8.51. The van der Waals surface area contributed by atoms with Gasteiger partial charge in [0.05, 0.1) is 6.67 Å². The molecule has 0 saturated carbocycles. The van der Waals surface area contributed by atoms with Crippen molar-refractivity contribution >= 4 is 17.0 Å². The first-order chi connectivity index (χ1) is 11.3. The van der Waals surface area contributed by atoms with Crippen LogP contribution in [0.5, 0.6) is 0 Å². The van der Waals surface area contributed by atoms with Crippen LogP contribution in [0.4, 0.5) is 5.69 Å². The summed E-state index contributed by atoms with van der Waals surface area (Å²) in [6.45, 7) is 0.938. The first kappa shape index (κ1) is 18.4. The Labute approximate surface area is 160 Å². The molecule has 1 radical (unpaired) electrons. The van der Waals surface area contributed by atoms with Crippen molar-refractivity contribution in [2.75, 3.05) is 18.6 Å². The van der Waals surface area contributed by atoms with Gasteiger partial charge < -0.3 is 26.1 Å². The quantitative estimate of drug-likeness (QED) is 0.479. The van der Waals surface area contributed by atoms with Crippen LogP contribution in [0.3, 0.4) is 0 Å². The van der Waals surface area contributed by atoms with Gasteiger partial charge in [0, 0.05) is 45.7 Å². The summed E-state index contributed by atoms with van der Waals surface area (Å²) in [5.74, 6) is 0. The number of hydrogen-bond donors (Lipinski definition) is 0. The fraction of sp³-hybridized carbons (Fsp3) is 0.105. The number of pyridine rings is 1. The van der Waals surface area contributed by atoms with Gasteiger partial charge in [-0.1, -0.05) is 23.2 Å². The summed E-state index contributed by atoms with van der Waals surface area (Å²) in [5.41, 5.74) is 3.17. The predicted octanol–water partition coefficient (Wildman–Crippen LogP) is 4.28. The molecule has 5 heteroatoms. The van der Waals surface area contributed by atoms with Crippen molar-refractivity contribution in [3.63, 3.8) is 0 Å². The molecule has 0 N–H and O–H groups in total. The zero-order chi connectivity index (χ0) is 15.9. The number of anilines is 1. The molecule has 0 saturated heterocycles. The minimum absolute atomic E-state index is 0. The Balaban J connectivity index is 0.000000167. The molecule has 0 unspecified atom stereocenters. The van der Waals surface area contributed by atoms with Crippen molar-refractivity contribution in [2.45, 2.75) is 0 Å². The van der Waals surface area contributed by atoms with Crippen LogP contribution >= 0.6 is 11.3 Å². The van der Waals surface area contributed by atoms with E-state index < -0.39 is 0 Å². The second kappa shape index (κ2) is 9.38. The van der Waals surface area contributed by atoms with E-state index in [1.54, 1.807) is 17.5 Å². The molecule has 1 aliphatic rings. The van der Waals surface area contributed by atoms with Crippen LogP contribution in [0.15, 0.2) is 72.5 Å². The summed E-state index contributed by atoms with van der Waals surface area (Å²) >= 11 is 1.61. The SMILES string of the molecule is CN1C=CN(c2[c-]scc2)C1.[Ir].[c-]1ccccc1-c1ccccn1. The summed E-state index contributed by atoms with van der Waals surface area (Å²) in [6, 6.07) is 18.9. The molecule has 2 aromatic heterocycles. The summed E-state index contributed by atoms with van der Waals surface area (Å²) < 4.78 is 0. The van der Waals surface area contributed by atoms with Crippen LogP contribution in [-0.2, 0) is 20.1 Å². The minimum atomic E-state index is 0. The molecule has 0 atom stereocenters. The number of thiophene rings is 1. The molecular weight excluding hydrogens is 495 g/mol. The van der Waals surface area contributed by atoms with Crippen LogP contribution in [0.2, 0.25) is 0 Å². The van der Waals surface area contributed by atoms with Crippen molar-refractivity contribution in [1.29, 1.82) is 0 Å². The van der Waals surface area contributed by atoms with Crippen molar-refractivity contribution in [3.05, 3.63) is 84.0 Å². The first-order valence-corrected chi connectivity index (χ1v) is 8.19. The Morgan fingerprint density at radius 2 is 1.96 bits per heavy atom. The molecule has 3 nitrogen and oxygen atoms in total. The molecular formula is C19H17IrN3S-2. The third-order valence-electron chi connectivity index (χ3n) is 3.29. The van der Waals surface area contributed by atoms with E-state index in [1.807, 2.05) is 47.8 Å². The molecule has 0 aliphatic carbocycles. The number of nitrogens with zero attached hydrogens (tertiary/aromatic N) is 3. The van der Waals surface area contributed by atoms with E-state index in [1.165, 1.54) is 0 Å². The molecule has 125 valence electrons. The average molecular weight is 512 g/mol. The predicted molar refractivity (Wildman–Crippen MR) is 95.9 cm³/mol. The number of aromatic nitrogens is 1. The topological polar surface area (TPSA) is 19.4 Å². The Morgan fingerprint density at radius 3 is 2.54 bits per heavy atom. The summed E-state index contributed by atoms with van der Waals surface area (Å²) in [5, 5.41) is 5.23. The molecule has 0 bridgehead atoms. The maximum absolute atomic E-state index is 4.22. The van der Waals surface area contributed by atoms with Gasteiger partial charge in [0.25, 0.3) is 0 Å². The van der Waals surface area contributed by atoms with Gasteiger partial charge in [0.2, 0.25) is 0 Å². The van der Waals surface area contributed by atoms with Crippen molar-refractivity contribution in [3.8, 4) is 11.3 Å². The maximum Gasteiger partial charge on any atom is 0.0916 e. The fourth-order valence-electron chi connectivity index (χ4n) is 2.14. The Kier molecular flexibility index (Phi) is 7.19. The van der Waals surface area contributed by atoms with Gasteiger partial charge in [-0.15, -0.1) is 35.9 Å². The molecule has 0 amide bonds. The van der Waals surface area contributed by atoms with Gasteiger partial charge in [-0.2, -0.15) is 11.4 Å². The van der Waals surface area contributed by atoms with Gasteiger partial charge in [-0.3, -0.25) is 0 Å². The van der Waals surface area contributed by atoms with Crippen LogP contribution in [-0.4, -0.2) is 23.6 Å². The van der Waals surface area contributed by atoms with Crippen LogP contribution in [0.1, 0.15) is 0 Å². The molecule has 3 heterocycles. The second-order valence-electron chi connectivity index (χ2n) is 5.07. The first-order valence-electron chi connectivity index (χ1n) is 7.31. The zero-order valence-corrected chi connectivity index (χ0v) is 16.4. The number of benzene rings is 1. The largest absolute Gasteiger partial charge is 0.361 e. The van der Waals surface area contributed by atoms with Gasteiger partial charge in [-0.25, -0.2) is 0 Å². The standard InChI is InChI=1S/C11H8N.C8H9N2S.Ir/c1-2-6-10(7-3-1)11-8-4-5-9-12-11;1-9-3-4-10(7-9)8-2-5-11-6-8;/h1-6,8-9H;2-5H,7H2,1H3;/q2*-1;. The second-order valence-corrected chi connectivity index (χ2v) is 5.78. The van der Waals surface area contributed by atoms with E-state index in [-0.39, 0.29) is 20.1 Å². The number of hydrogen-bond acceptors (Lipinski definition) is 4. The normalized spacial score (nSPS) is 12.4. The molecule has 3 aromatic rings. The third-order valence-corrected chi connectivity index (χ3v) is 3.89. The van der Waals surface area contributed by atoms with Crippen molar-refractivity contribution < 1.29 is 20.1 Å². The average Bonchev–Trinajstić information content (AvgIpc) is 3.28. The third kappa shape index (κ3) is 5.03. The van der Waals surface area contributed by atoms with Gasteiger partial charge in [0.1, 0.15) is 0 Å². The Hall–Kier alpha value is -1.94. The van der Waals surface area contributed by atoms with Crippen molar-refractivity contribution in [1.82, 2.24) is 9.88 Å². The molecule has 1 aromatic carbocycles. The molecule has 4 rings (SSSR count). The van der Waals surface area contributed by atoms with Crippen LogP contribution < -0.4 is 4.90 Å². The van der Waals surface area contributed by atoms with Gasteiger partial charge >= 0.3 is 0 Å². The maximum atomic E-state index is 4.22. The minimum Gasteiger partial charge on any atom is -0.361 e. The van der Waals surface area contributed by atoms with Gasteiger partial charge in [0.15, 0.2) is 0 Å². The molecule has 0 fully saturated rings. The summed E-state index contributed by atoms with van der Waals surface area (Å²) in [7, 11) is 2.06.